The molecule has 0 radical (unpaired) electrons. The molecule has 0 saturated carbocycles. The lowest BCUT2D eigenvalue weighted by atomic mass is 9.76. The third-order valence-electron chi connectivity index (χ3n) is 5.07. The van der Waals surface area contributed by atoms with Crippen molar-refractivity contribution in [2.24, 2.45) is 5.41 Å². The maximum Gasteiger partial charge on any atom is 0.291 e. The van der Waals surface area contributed by atoms with Crippen molar-refractivity contribution >= 4 is 17.4 Å². The Morgan fingerprint density at radius 1 is 1.00 bits per heavy atom. The van der Waals surface area contributed by atoms with Crippen LogP contribution in [0.5, 0.6) is 11.5 Å². The zero-order chi connectivity index (χ0) is 20.6. The molecule has 0 saturated heterocycles. The summed E-state index contributed by atoms with van der Waals surface area (Å²) < 4.78 is 11.6. The van der Waals surface area contributed by atoms with Crippen molar-refractivity contribution in [1.82, 2.24) is 0 Å². The Hall–Kier alpha value is -3.34. The molecule has 5 heteroatoms. The number of benzene rings is 2. The minimum Gasteiger partial charge on any atom is -0.457 e. The Balaban J connectivity index is 1.49. The minimum atomic E-state index is -0.362. The van der Waals surface area contributed by atoms with E-state index in [1.807, 2.05) is 44.2 Å². The predicted octanol–water partition coefficient (Wildman–Crippen LogP) is 5.79. The topological polar surface area (TPSA) is 68.5 Å². The number of hydrogen-bond acceptors (Lipinski definition) is 4. The lowest BCUT2D eigenvalue weighted by molar-refractivity contribution is 0.0898. The number of ketones is 1. The van der Waals surface area contributed by atoms with Crippen LogP contribution in [0.2, 0.25) is 0 Å². The van der Waals surface area contributed by atoms with E-state index < -0.39 is 0 Å². The molecule has 148 valence electrons. The van der Waals surface area contributed by atoms with Crippen molar-refractivity contribution in [3.05, 3.63) is 77.2 Å². The quantitative estimate of drug-likeness (QED) is 0.613. The summed E-state index contributed by atoms with van der Waals surface area (Å²) in [7, 11) is 0. The molecule has 0 spiro atoms. The van der Waals surface area contributed by atoms with Gasteiger partial charge in [-0.1, -0.05) is 32.0 Å². The number of ether oxygens (including phenoxy) is 1. The van der Waals surface area contributed by atoms with Crippen LogP contribution in [-0.2, 0) is 6.42 Å². The van der Waals surface area contributed by atoms with Crippen molar-refractivity contribution in [2.75, 3.05) is 5.32 Å². The molecule has 1 aliphatic carbocycles. The normalized spacial score (nSPS) is 14.9. The summed E-state index contributed by atoms with van der Waals surface area (Å²) in [5, 5.41) is 2.84. The molecule has 1 N–H and O–H groups in total. The van der Waals surface area contributed by atoms with Gasteiger partial charge in [0.1, 0.15) is 17.3 Å². The Labute approximate surface area is 169 Å². The first kappa shape index (κ1) is 19.0. The Morgan fingerprint density at radius 2 is 1.66 bits per heavy atom. The Bertz CT molecular complexity index is 1060. The first-order chi connectivity index (χ1) is 13.8. The van der Waals surface area contributed by atoms with Crippen LogP contribution in [0.3, 0.4) is 0 Å². The Kier molecular flexibility index (Phi) is 4.74. The second-order valence-electron chi connectivity index (χ2n) is 8.19. The summed E-state index contributed by atoms with van der Waals surface area (Å²) in [5.74, 6) is 1.91. The summed E-state index contributed by atoms with van der Waals surface area (Å²) in [5.41, 5.74) is 1.65. The number of Topliss-reactive ketones (excluding diaryl/α,β-unsaturated/α-hetero) is 1. The fraction of sp³-hybridized carbons (Fsp3) is 0.250. The lowest BCUT2D eigenvalue weighted by Crippen LogP contribution is -2.26. The summed E-state index contributed by atoms with van der Waals surface area (Å²) in [6.45, 7) is 5.83. The van der Waals surface area contributed by atoms with Gasteiger partial charge in [-0.15, -0.1) is 0 Å². The van der Waals surface area contributed by atoms with E-state index in [4.69, 9.17) is 9.15 Å². The molecule has 1 aliphatic rings. The number of rotatable bonds is 4. The van der Waals surface area contributed by atoms with E-state index in [9.17, 15) is 9.59 Å². The summed E-state index contributed by atoms with van der Waals surface area (Å²) in [6, 6.07) is 16.6. The fourth-order valence-corrected chi connectivity index (χ4v) is 3.72. The van der Waals surface area contributed by atoms with Crippen LogP contribution >= 0.6 is 0 Å². The molecule has 0 bridgehead atoms. The van der Waals surface area contributed by atoms with E-state index in [0.717, 1.165) is 5.75 Å². The van der Waals surface area contributed by atoms with Gasteiger partial charge in [-0.25, -0.2) is 0 Å². The average molecular weight is 389 g/mol. The number of furan rings is 1. The van der Waals surface area contributed by atoms with E-state index in [2.05, 4.69) is 5.32 Å². The van der Waals surface area contributed by atoms with Crippen LogP contribution in [0.25, 0.3) is 0 Å². The minimum absolute atomic E-state index is 0.0407. The van der Waals surface area contributed by atoms with Crippen LogP contribution in [0.4, 0.5) is 5.69 Å². The molecule has 1 aromatic heterocycles. The molecular formula is C24H23NO4. The number of anilines is 1. The van der Waals surface area contributed by atoms with Crippen LogP contribution in [-0.4, -0.2) is 11.7 Å². The molecule has 4 rings (SSSR count). The highest BCUT2D eigenvalue weighted by atomic mass is 16.5. The largest absolute Gasteiger partial charge is 0.457 e. The van der Waals surface area contributed by atoms with Crippen LogP contribution in [0.1, 0.15) is 52.5 Å². The molecule has 0 aliphatic heterocycles. The highest BCUT2D eigenvalue weighted by Gasteiger charge is 2.37. The van der Waals surface area contributed by atoms with Crippen LogP contribution < -0.4 is 10.1 Å². The van der Waals surface area contributed by atoms with E-state index in [-0.39, 0.29) is 22.9 Å². The van der Waals surface area contributed by atoms with Crippen molar-refractivity contribution in [2.45, 2.75) is 33.6 Å². The lowest BCUT2D eigenvalue weighted by Gasteiger charge is -2.27. The number of carbonyl (C=O) groups excluding carboxylic acids is 2. The fourth-order valence-electron chi connectivity index (χ4n) is 3.72. The zero-order valence-corrected chi connectivity index (χ0v) is 16.7. The predicted molar refractivity (Wildman–Crippen MR) is 111 cm³/mol. The molecule has 3 aromatic rings. The Morgan fingerprint density at radius 3 is 2.34 bits per heavy atom. The molecule has 1 heterocycles. The molecule has 0 fully saturated rings. The van der Waals surface area contributed by atoms with E-state index in [0.29, 0.717) is 41.2 Å². The second-order valence-corrected chi connectivity index (χ2v) is 8.19. The van der Waals surface area contributed by atoms with Gasteiger partial charge in [0.15, 0.2) is 11.5 Å². The number of carbonyl (C=O) groups is 2. The van der Waals surface area contributed by atoms with Gasteiger partial charge >= 0.3 is 0 Å². The maximum atomic E-state index is 12.7. The van der Waals surface area contributed by atoms with Gasteiger partial charge in [-0.2, -0.15) is 0 Å². The van der Waals surface area contributed by atoms with Crippen molar-refractivity contribution in [1.29, 1.82) is 0 Å². The van der Waals surface area contributed by atoms with Gasteiger partial charge in [-0.05, 0) is 48.7 Å². The first-order valence-corrected chi connectivity index (χ1v) is 9.62. The van der Waals surface area contributed by atoms with Gasteiger partial charge in [0.2, 0.25) is 0 Å². The summed E-state index contributed by atoms with van der Waals surface area (Å²) >= 11 is 0. The van der Waals surface area contributed by atoms with Gasteiger partial charge < -0.3 is 14.5 Å². The van der Waals surface area contributed by atoms with E-state index >= 15 is 0 Å². The third kappa shape index (κ3) is 3.94. The number of nitrogens with one attached hydrogen (secondary N) is 1. The number of hydrogen-bond donors (Lipinski definition) is 1. The van der Waals surface area contributed by atoms with Gasteiger partial charge in [0.25, 0.3) is 5.91 Å². The number of fused-ring (bicyclic) bond motifs is 1. The number of para-hydroxylation sites is 1. The highest BCUT2D eigenvalue weighted by Crippen LogP contribution is 2.38. The molecule has 5 nitrogen and oxygen atoms in total. The molecule has 0 unspecified atom stereocenters. The second kappa shape index (κ2) is 7.24. The van der Waals surface area contributed by atoms with Gasteiger partial charge in [0, 0.05) is 24.1 Å². The third-order valence-corrected chi connectivity index (χ3v) is 5.07. The highest BCUT2D eigenvalue weighted by molar-refractivity contribution is 6.07. The average Bonchev–Trinajstić information content (AvgIpc) is 2.99. The summed E-state index contributed by atoms with van der Waals surface area (Å²) in [6.07, 6.45) is 1.11. The van der Waals surface area contributed by atoms with Crippen LogP contribution in [0, 0.1) is 12.3 Å². The monoisotopic (exact) mass is 389 g/mol. The van der Waals surface area contributed by atoms with Gasteiger partial charge in [0.05, 0.1) is 5.56 Å². The van der Waals surface area contributed by atoms with Gasteiger partial charge in [-0.3, -0.25) is 9.59 Å². The van der Waals surface area contributed by atoms with Crippen molar-refractivity contribution in [3.8, 4) is 11.5 Å². The maximum absolute atomic E-state index is 12.7. The molecule has 29 heavy (non-hydrogen) atoms. The van der Waals surface area contributed by atoms with E-state index in [1.165, 1.54) is 0 Å². The van der Waals surface area contributed by atoms with Crippen molar-refractivity contribution in [3.63, 3.8) is 0 Å². The first-order valence-electron chi connectivity index (χ1n) is 9.62. The van der Waals surface area contributed by atoms with E-state index in [1.54, 1.807) is 31.2 Å². The molecule has 2 aromatic carbocycles. The smallest absolute Gasteiger partial charge is 0.291 e. The molecule has 1 amide bonds. The standard InChI is InChI=1S/C24H23NO4/c1-15-21-19(26)13-24(2,3)14-20(21)29-22(15)23(27)25-16-9-11-18(12-10-16)28-17-7-5-4-6-8-17/h4-12H,13-14H2,1-3H3,(H,25,27). The SMILES string of the molecule is Cc1c(C(=O)Nc2ccc(Oc3ccccc3)cc2)oc2c1C(=O)CC(C)(C)C2. The molecule has 0 atom stereocenters. The summed E-state index contributed by atoms with van der Waals surface area (Å²) in [4.78, 5) is 25.2. The van der Waals surface area contributed by atoms with Crippen LogP contribution in [0.15, 0.2) is 59.0 Å². The zero-order valence-electron chi connectivity index (χ0n) is 16.7. The molecular weight excluding hydrogens is 366 g/mol. The van der Waals surface area contributed by atoms with Crippen molar-refractivity contribution < 1.29 is 18.7 Å². The number of amides is 1.